The molecule has 2 aromatic rings. The Morgan fingerprint density at radius 1 is 0.973 bits per heavy atom. The number of carboxylic acids is 1. The number of aliphatic carboxylic acids is 1. The average Bonchev–Trinajstić information content (AvgIpc) is 2.87. The highest BCUT2D eigenvalue weighted by Crippen LogP contribution is 2.51. The topological polar surface area (TPSA) is 83.9 Å². The summed E-state index contributed by atoms with van der Waals surface area (Å²) >= 11 is 9.92. The Morgan fingerprint density at radius 3 is 2.19 bits per heavy atom. The average molecular weight is 585 g/mol. The minimum absolute atomic E-state index is 0.00432. The number of hydrogen-bond acceptors (Lipinski definition) is 5. The largest absolute Gasteiger partial charge is 0.489 e. The fourth-order valence-corrected chi connectivity index (χ4v) is 6.07. The second kappa shape index (κ2) is 10.8. The van der Waals surface area contributed by atoms with E-state index >= 15 is 0 Å². The van der Waals surface area contributed by atoms with E-state index in [1.165, 1.54) is 0 Å². The van der Waals surface area contributed by atoms with Crippen molar-refractivity contribution in [3.05, 3.63) is 85.6 Å². The lowest BCUT2D eigenvalue weighted by molar-refractivity contribution is -0.137. The zero-order chi connectivity index (χ0) is 26.1. The van der Waals surface area contributed by atoms with Crippen molar-refractivity contribution in [1.29, 1.82) is 0 Å². The predicted octanol–water partition coefficient (Wildman–Crippen LogP) is 6.57. The van der Waals surface area contributed by atoms with Crippen LogP contribution < -0.4 is 4.74 Å². The molecule has 1 aliphatic heterocycles. The number of carboxylic acid groups (broad SMARTS) is 1. The maximum atomic E-state index is 13.5. The van der Waals surface area contributed by atoms with Gasteiger partial charge in [0.25, 0.3) is 0 Å². The van der Waals surface area contributed by atoms with Gasteiger partial charge in [-0.25, -0.2) is 0 Å². The molecule has 0 unspecified atom stereocenters. The molecule has 0 aromatic heterocycles. The van der Waals surface area contributed by atoms with Crippen LogP contribution in [0.4, 0.5) is 0 Å². The Morgan fingerprint density at radius 2 is 1.59 bits per heavy atom. The second-order valence-corrected chi connectivity index (χ2v) is 11.0. The van der Waals surface area contributed by atoms with Crippen LogP contribution >= 0.6 is 27.5 Å². The zero-order valence-corrected chi connectivity index (χ0v) is 22.6. The smallest absolute Gasteiger partial charge is 0.305 e. The van der Waals surface area contributed by atoms with E-state index in [-0.39, 0.29) is 24.5 Å². The fraction of sp³-hybridized carbons (Fsp3) is 0.345. The highest BCUT2D eigenvalue weighted by Gasteiger charge is 2.44. The first-order valence-corrected chi connectivity index (χ1v) is 13.7. The molecule has 0 saturated heterocycles. The van der Waals surface area contributed by atoms with Gasteiger partial charge in [-0.05, 0) is 61.6 Å². The first kappa shape index (κ1) is 25.7. The van der Waals surface area contributed by atoms with Gasteiger partial charge in [0.05, 0.1) is 6.42 Å². The summed E-state index contributed by atoms with van der Waals surface area (Å²) in [7, 11) is 0. The number of nitrogens with zero attached hydrogens (tertiary/aromatic N) is 1. The third-order valence-electron chi connectivity index (χ3n) is 7.23. The van der Waals surface area contributed by atoms with E-state index in [0.29, 0.717) is 72.6 Å². The van der Waals surface area contributed by atoms with Crippen LogP contribution in [0.2, 0.25) is 5.02 Å². The van der Waals surface area contributed by atoms with Crippen LogP contribution in [-0.4, -0.2) is 34.1 Å². The van der Waals surface area contributed by atoms with Crippen LogP contribution in [-0.2, 0) is 21.0 Å². The van der Waals surface area contributed by atoms with Crippen LogP contribution in [0.25, 0.3) is 0 Å². The van der Waals surface area contributed by atoms with Crippen molar-refractivity contribution >= 4 is 45.1 Å². The molecule has 0 spiro atoms. The van der Waals surface area contributed by atoms with Gasteiger partial charge in [0.1, 0.15) is 12.4 Å². The number of benzene rings is 2. The van der Waals surface area contributed by atoms with Gasteiger partial charge in [-0.3, -0.25) is 14.4 Å². The van der Waals surface area contributed by atoms with Crippen molar-refractivity contribution in [2.75, 3.05) is 6.54 Å². The molecule has 2 aliphatic carbocycles. The Kier molecular flexibility index (Phi) is 7.54. The van der Waals surface area contributed by atoms with E-state index in [1.807, 2.05) is 29.2 Å². The number of ether oxygens (including phenoxy) is 1. The number of carbonyl (C=O) groups excluding carboxylic acids is 2. The Bertz CT molecular complexity index is 1290. The maximum Gasteiger partial charge on any atom is 0.305 e. The Hall–Kier alpha value is -2.90. The molecular formula is C29H27BrClNO5. The Labute approximate surface area is 229 Å². The van der Waals surface area contributed by atoms with E-state index in [9.17, 15) is 19.5 Å². The molecule has 1 N–H and O–H groups in total. The molecule has 0 bridgehead atoms. The lowest BCUT2D eigenvalue weighted by Gasteiger charge is -2.44. The van der Waals surface area contributed by atoms with E-state index in [2.05, 4.69) is 15.9 Å². The summed E-state index contributed by atoms with van der Waals surface area (Å²) < 4.78 is 7.25. The molecule has 0 atom stereocenters. The van der Waals surface area contributed by atoms with Gasteiger partial charge in [-0.2, -0.15) is 0 Å². The first-order chi connectivity index (χ1) is 17.8. The molecule has 2 aromatic carbocycles. The number of hydrogen-bond donors (Lipinski definition) is 1. The minimum atomic E-state index is -0.908. The summed E-state index contributed by atoms with van der Waals surface area (Å²) in [6, 6.07) is 13.2. The van der Waals surface area contributed by atoms with Gasteiger partial charge < -0.3 is 14.7 Å². The summed E-state index contributed by atoms with van der Waals surface area (Å²) in [4.78, 5) is 40.3. The number of allylic oxidation sites excluding steroid dienone is 4. The van der Waals surface area contributed by atoms with Gasteiger partial charge in [0.2, 0.25) is 0 Å². The SMILES string of the molecule is O=C(O)CCN1C2=C(C(=O)CCC2)C(c2cc(Cl)ccc2OCc2ccc(Br)cc2)C2=C1CCCC2=O. The fourth-order valence-electron chi connectivity index (χ4n) is 5.62. The summed E-state index contributed by atoms with van der Waals surface area (Å²) in [5.41, 5.74) is 4.54. The van der Waals surface area contributed by atoms with Crippen molar-refractivity contribution in [3.8, 4) is 5.75 Å². The molecule has 0 amide bonds. The molecule has 1 heterocycles. The number of ketones is 2. The van der Waals surface area contributed by atoms with Crippen LogP contribution in [0.15, 0.2) is 69.5 Å². The maximum absolute atomic E-state index is 13.5. The summed E-state index contributed by atoms with van der Waals surface area (Å²) in [6.07, 6.45) is 3.46. The molecule has 37 heavy (non-hydrogen) atoms. The summed E-state index contributed by atoms with van der Waals surface area (Å²) in [5, 5.41) is 9.87. The van der Waals surface area contributed by atoms with E-state index in [4.69, 9.17) is 16.3 Å². The van der Waals surface area contributed by atoms with Gasteiger partial charge in [-0.15, -0.1) is 0 Å². The lowest BCUT2D eigenvalue weighted by atomic mass is 9.70. The Balaban J connectivity index is 1.63. The molecule has 5 rings (SSSR count). The standard InChI is InChI=1S/C29H27BrClNO5/c30-18-9-7-17(8-10-18)16-37-25-12-11-19(31)15-20(25)27-28-21(3-1-5-23(28)33)32(14-13-26(35)36)22-4-2-6-24(34)29(22)27/h7-12,15,27H,1-6,13-14,16H2,(H,35,36). The van der Waals surface area contributed by atoms with Crippen molar-refractivity contribution in [2.45, 2.75) is 57.5 Å². The highest BCUT2D eigenvalue weighted by molar-refractivity contribution is 9.10. The van der Waals surface area contributed by atoms with E-state index in [0.717, 1.165) is 21.4 Å². The van der Waals surface area contributed by atoms with E-state index < -0.39 is 11.9 Å². The van der Waals surface area contributed by atoms with Crippen LogP contribution in [0, 0.1) is 0 Å². The van der Waals surface area contributed by atoms with Gasteiger partial charge in [0, 0.05) is 62.9 Å². The monoisotopic (exact) mass is 583 g/mol. The molecular weight excluding hydrogens is 558 g/mol. The lowest BCUT2D eigenvalue weighted by Crippen LogP contribution is -2.40. The molecule has 8 heteroatoms. The van der Waals surface area contributed by atoms with Crippen LogP contribution in [0.1, 0.15) is 62.0 Å². The molecule has 0 saturated carbocycles. The van der Waals surface area contributed by atoms with Crippen molar-refractivity contribution < 1.29 is 24.2 Å². The summed E-state index contributed by atoms with van der Waals surface area (Å²) in [6.45, 7) is 0.557. The highest BCUT2D eigenvalue weighted by atomic mass is 79.9. The van der Waals surface area contributed by atoms with E-state index in [1.54, 1.807) is 18.2 Å². The van der Waals surface area contributed by atoms with Gasteiger partial charge in [-0.1, -0.05) is 39.7 Å². The molecule has 3 aliphatic rings. The molecule has 192 valence electrons. The van der Waals surface area contributed by atoms with Crippen molar-refractivity contribution in [2.24, 2.45) is 0 Å². The van der Waals surface area contributed by atoms with Crippen molar-refractivity contribution in [1.82, 2.24) is 4.90 Å². The quantitative estimate of drug-likeness (QED) is 0.396. The number of halogens is 2. The normalized spacial score (nSPS) is 18.2. The molecule has 0 fully saturated rings. The summed E-state index contributed by atoms with van der Waals surface area (Å²) in [5.74, 6) is -0.920. The van der Waals surface area contributed by atoms with Crippen molar-refractivity contribution in [3.63, 3.8) is 0 Å². The third kappa shape index (κ3) is 5.25. The second-order valence-electron chi connectivity index (χ2n) is 9.60. The molecule has 0 radical (unpaired) electrons. The minimum Gasteiger partial charge on any atom is -0.489 e. The predicted molar refractivity (Wildman–Crippen MR) is 143 cm³/mol. The van der Waals surface area contributed by atoms with Crippen LogP contribution in [0.5, 0.6) is 5.75 Å². The van der Waals surface area contributed by atoms with Crippen LogP contribution in [0.3, 0.4) is 0 Å². The number of Topliss-reactive ketones (excluding diaryl/α,β-unsaturated/α-hetero) is 2. The van der Waals surface area contributed by atoms with Gasteiger partial charge >= 0.3 is 5.97 Å². The third-order valence-corrected chi connectivity index (χ3v) is 7.99. The number of carbonyl (C=O) groups is 3. The van der Waals surface area contributed by atoms with Gasteiger partial charge in [0.15, 0.2) is 11.6 Å². The number of rotatable bonds is 7. The molecule has 6 nitrogen and oxygen atoms in total. The first-order valence-electron chi connectivity index (χ1n) is 12.5. The zero-order valence-electron chi connectivity index (χ0n) is 20.3.